The van der Waals surface area contributed by atoms with E-state index in [1.54, 1.807) is 0 Å². The van der Waals surface area contributed by atoms with Gasteiger partial charge in [-0.3, -0.25) is 9.78 Å². The quantitative estimate of drug-likeness (QED) is 0.702. The van der Waals surface area contributed by atoms with Crippen LogP contribution < -0.4 is 10.5 Å². The van der Waals surface area contributed by atoms with Crippen molar-refractivity contribution < 1.29 is 9.90 Å². The Labute approximate surface area is 97.7 Å². The van der Waals surface area contributed by atoms with Crippen molar-refractivity contribution in [1.82, 2.24) is 14.9 Å². The van der Waals surface area contributed by atoms with Crippen LogP contribution in [-0.4, -0.2) is 59.2 Å². The fourth-order valence-electron chi connectivity index (χ4n) is 1.72. The molecule has 1 aliphatic rings. The number of aromatic nitrogens is 2. The lowest BCUT2D eigenvalue weighted by Crippen LogP contribution is -2.45. The van der Waals surface area contributed by atoms with Crippen molar-refractivity contribution in [2.24, 2.45) is 0 Å². The minimum Gasteiger partial charge on any atom is -0.477 e. The Bertz CT molecular complexity index is 477. The molecule has 0 unspecified atom stereocenters. The largest absolute Gasteiger partial charge is 0.477 e. The van der Waals surface area contributed by atoms with E-state index in [2.05, 4.69) is 14.9 Å². The zero-order valence-corrected chi connectivity index (χ0v) is 9.51. The highest BCUT2D eigenvalue weighted by Crippen LogP contribution is 2.08. The van der Waals surface area contributed by atoms with Gasteiger partial charge >= 0.3 is 5.97 Å². The third-order valence-corrected chi connectivity index (χ3v) is 2.75. The number of hydrogen-bond donors (Lipinski definition) is 2. The number of likely N-dealkylation sites (N-methyl/N-ethyl adjacent to an activating group) is 1. The molecular formula is C10H14N4O3. The lowest BCUT2D eigenvalue weighted by Gasteiger charge is -2.32. The maximum Gasteiger partial charge on any atom is 0.354 e. The summed E-state index contributed by atoms with van der Waals surface area (Å²) in [5.41, 5.74) is -0.658. The number of anilines is 1. The van der Waals surface area contributed by atoms with Gasteiger partial charge in [-0.2, -0.15) is 0 Å². The normalized spacial score (nSPS) is 17.1. The van der Waals surface area contributed by atoms with Crippen LogP contribution >= 0.6 is 0 Å². The fraction of sp³-hybridized carbons (Fsp3) is 0.500. The Morgan fingerprint density at radius 3 is 2.65 bits per heavy atom. The Morgan fingerprint density at radius 2 is 2.06 bits per heavy atom. The van der Waals surface area contributed by atoms with E-state index in [4.69, 9.17) is 5.11 Å². The second-order valence-corrected chi connectivity index (χ2v) is 4.05. The van der Waals surface area contributed by atoms with E-state index in [1.807, 2.05) is 11.9 Å². The Kier molecular flexibility index (Phi) is 3.10. The molecule has 2 heterocycles. The number of nitrogens with zero attached hydrogens (tertiary/aromatic N) is 3. The van der Waals surface area contributed by atoms with Gasteiger partial charge in [0.05, 0.1) is 0 Å². The zero-order valence-electron chi connectivity index (χ0n) is 9.51. The van der Waals surface area contributed by atoms with E-state index < -0.39 is 11.5 Å². The molecule has 0 radical (unpaired) electrons. The molecule has 0 amide bonds. The number of piperazine rings is 1. The lowest BCUT2D eigenvalue weighted by molar-refractivity contribution is 0.0690. The van der Waals surface area contributed by atoms with Crippen molar-refractivity contribution in [3.8, 4) is 0 Å². The van der Waals surface area contributed by atoms with Crippen LogP contribution in [0.1, 0.15) is 10.5 Å². The molecule has 2 N–H and O–H groups in total. The van der Waals surface area contributed by atoms with Crippen LogP contribution in [-0.2, 0) is 0 Å². The monoisotopic (exact) mass is 238 g/mol. The number of rotatable bonds is 2. The summed E-state index contributed by atoms with van der Waals surface area (Å²) in [5, 5.41) is 8.83. The van der Waals surface area contributed by atoms with Gasteiger partial charge in [0.1, 0.15) is 0 Å². The van der Waals surface area contributed by atoms with Gasteiger partial charge in [-0.15, -0.1) is 0 Å². The summed E-state index contributed by atoms with van der Waals surface area (Å²) in [6.45, 7) is 3.17. The highest BCUT2D eigenvalue weighted by molar-refractivity contribution is 5.85. The summed E-state index contributed by atoms with van der Waals surface area (Å²) in [7, 11) is 2.02. The summed E-state index contributed by atoms with van der Waals surface area (Å²) in [6, 6.07) is 0.988. The fourth-order valence-corrected chi connectivity index (χ4v) is 1.72. The molecule has 1 aromatic rings. The number of nitrogens with one attached hydrogen (secondary N) is 1. The van der Waals surface area contributed by atoms with Gasteiger partial charge in [-0.05, 0) is 7.05 Å². The van der Waals surface area contributed by atoms with Gasteiger partial charge < -0.3 is 14.9 Å². The third-order valence-electron chi connectivity index (χ3n) is 2.75. The minimum atomic E-state index is -1.19. The van der Waals surface area contributed by atoms with E-state index in [9.17, 15) is 9.59 Å². The average molecular weight is 238 g/mol. The van der Waals surface area contributed by atoms with E-state index in [0.29, 0.717) is 5.95 Å². The van der Waals surface area contributed by atoms with Crippen molar-refractivity contribution >= 4 is 11.9 Å². The predicted molar refractivity (Wildman–Crippen MR) is 61.5 cm³/mol. The predicted octanol–water partition coefficient (Wildman–Crippen LogP) is -0.780. The van der Waals surface area contributed by atoms with Crippen LogP contribution in [0.4, 0.5) is 5.95 Å². The molecule has 0 bridgehead atoms. The number of carbonyl (C=O) groups is 1. The molecule has 0 saturated carbocycles. The number of carboxylic acids is 1. The summed E-state index contributed by atoms with van der Waals surface area (Å²) >= 11 is 0. The van der Waals surface area contributed by atoms with Gasteiger partial charge in [0, 0.05) is 32.2 Å². The Morgan fingerprint density at radius 1 is 1.41 bits per heavy atom. The summed E-state index contributed by atoms with van der Waals surface area (Å²) in [6.07, 6.45) is 0. The van der Waals surface area contributed by atoms with Gasteiger partial charge in [-0.25, -0.2) is 9.78 Å². The van der Waals surface area contributed by atoms with Crippen molar-refractivity contribution in [1.29, 1.82) is 0 Å². The lowest BCUT2D eigenvalue weighted by atomic mass is 10.3. The highest BCUT2D eigenvalue weighted by atomic mass is 16.4. The topological polar surface area (TPSA) is 89.5 Å². The van der Waals surface area contributed by atoms with Crippen LogP contribution in [0.3, 0.4) is 0 Å². The van der Waals surface area contributed by atoms with Crippen LogP contribution in [0.2, 0.25) is 0 Å². The molecule has 1 aliphatic heterocycles. The van der Waals surface area contributed by atoms with Gasteiger partial charge in [-0.1, -0.05) is 0 Å². The molecule has 7 heteroatoms. The van der Waals surface area contributed by atoms with Crippen molar-refractivity contribution in [3.05, 3.63) is 22.1 Å². The first-order valence-electron chi connectivity index (χ1n) is 5.34. The SMILES string of the molecule is CN1CCN(c2nc(C(=O)O)cc(=O)[nH]2)CC1. The van der Waals surface area contributed by atoms with E-state index >= 15 is 0 Å². The zero-order chi connectivity index (χ0) is 12.4. The summed E-state index contributed by atoms with van der Waals surface area (Å²) in [4.78, 5) is 32.7. The molecule has 92 valence electrons. The second-order valence-electron chi connectivity index (χ2n) is 4.05. The van der Waals surface area contributed by atoms with Crippen molar-refractivity contribution in [2.75, 3.05) is 38.1 Å². The van der Waals surface area contributed by atoms with Gasteiger partial charge in [0.25, 0.3) is 5.56 Å². The molecular weight excluding hydrogens is 224 g/mol. The van der Waals surface area contributed by atoms with Crippen LogP contribution in [0.25, 0.3) is 0 Å². The number of H-pyrrole nitrogens is 1. The maximum absolute atomic E-state index is 11.3. The van der Waals surface area contributed by atoms with Crippen LogP contribution in [0, 0.1) is 0 Å². The first-order chi connectivity index (χ1) is 8.06. The van der Waals surface area contributed by atoms with Crippen molar-refractivity contribution in [2.45, 2.75) is 0 Å². The molecule has 0 aromatic carbocycles. The van der Waals surface area contributed by atoms with Gasteiger partial charge in [0.15, 0.2) is 5.69 Å². The maximum atomic E-state index is 11.3. The molecule has 17 heavy (non-hydrogen) atoms. The third kappa shape index (κ3) is 2.62. The summed E-state index contributed by atoms with van der Waals surface area (Å²) < 4.78 is 0. The number of hydrogen-bond acceptors (Lipinski definition) is 5. The molecule has 1 fully saturated rings. The Balaban J connectivity index is 2.26. The highest BCUT2D eigenvalue weighted by Gasteiger charge is 2.17. The molecule has 0 atom stereocenters. The van der Waals surface area contributed by atoms with Crippen molar-refractivity contribution in [3.63, 3.8) is 0 Å². The Hall–Kier alpha value is -1.89. The molecule has 0 spiro atoms. The molecule has 2 rings (SSSR count). The van der Waals surface area contributed by atoms with Gasteiger partial charge in [0.2, 0.25) is 5.95 Å². The smallest absolute Gasteiger partial charge is 0.354 e. The minimum absolute atomic E-state index is 0.220. The number of aromatic carboxylic acids is 1. The van der Waals surface area contributed by atoms with Crippen LogP contribution in [0.15, 0.2) is 10.9 Å². The van der Waals surface area contributed by atoms with Crippen LogP contribution in [0.5, 0.6) is 0 Å². The molecule has 1 aromatic heterocycles. The number of carboxylic acid groups (broad SMARTS) is 1. The van der Waals surface area contributed by atoms with E-state index in [0.717, 1.165) is 32.2 Å². The number of aromatic amines is 1. The first-order valence-corrected chi connectivity index (χ1v) is 5.34. The first kappa shape index (κ1) is 11.6. The van der Waals surface area contributed by atoms with E-state index in [-0.39, 0.29) is 5.69 Å². The standard InChI is InChI=1S/C10H14N4O3/c1-13-2-4-14(5-3-13)10-11-7(9(16)17)6-8(15)12-10/h6H,2-5H2,1H3,(H,16,17)(H,11,12,15). The molecule has 1 saturated heterocycles. The molecule has 0 aliphatic carbocycles. The van der Waals surface area contributed by atoms with E-state index in [1.165, 1.54) is 0 Å². The summed E-state index contributed by atoms with van der Waals surface area (Å²) in [5.74, 6) is -0.852. The second kappa shape index (κ2) is 4.54. The molecule has 7 nitrogen and oxygen atoms in total. The average Bonchev–Trinajstić information content (AvgIpc) is 2.29.